The molecule has 1 saturated carbocycles. The van der Waals surface area contributed by atoms with Gasteiger partial charge in [0, 0.05) is 40.8 Å². The highest BCUT2D eigenvalue weighted by Gasteiger charge is 2.25. The Labute approximate surface area is 295 Å². The lowest BCUT2D eigenvalue weighted by molar-refractivity contribution is 0.0546. The summed E-state index contributed by atoms with van der Waals surface area (Å²) < 4.78 is 8.80. The van der Waals surface area contributed by atoms with Gasteiger partial charge in [0.05, 0.1) is 17.1 Å². The van der Waals surface area contributed by atoms with Crippen LogP contribution in [0.1, 0.15) is 66.9 Å². The maximum atomic E-state index is 13.5. The highest BCUT2D eigenvalue weighted by atomic mass is 35.5. The lowest BCUT2D eigenvalue weighted by Crippen LogP contribution is -2.40. The second kappa shape index (κ2) is 14.0. The number of carbonyl (C=O) groups is 1. The van der Waals surface area contributed by atoms with Crippen molar-refractivity contribution in [2.45, 2.75) is 63.7 Å². The molecule has 1 saturated heterocycles. The molecule has 2 aromatic heterocycles. The lowest BCUT2D eigenvalue weighted by Gasteiger charge is -2.29. The van der Waals surface area contributed by atoms with E-state index in [1.165, 1.54) is 19.3 Å². The van der Waals surface area contributed by atoms with E-state index in [9.17, 15) is 9.90 Å². The van der Waals surface area contributed by atoms with Crippen LogP contribution in [-0.2, 0) is 6.61 Å². The Morgan fingerprint density at radius 2 is 1.60 bits per heavy atom. The maximum absolute atomic E-state index is 13.5. The number of tetrazole rings is 1. The van der Waals surface area contributed by atoms with Crippen molar-refractivity contribution in [2.24, 2.45) is 0 Å². The first-order chi connectivity index (χ1) is 24.5. The zero-order valence-corrected chi connectivity index (χ0v) is 28.4. The zero-order valence-electron chi connectivity index (χ0n) is 27.6. The van der Waals surface area contributed by atoms with Gasteiger partial charge in [-0.1, -0.05) is 49.1 Å². The van der Waals surface area contributed by atoms with E-state index in [0.29, 0.717) is 48.4 Å². The van der Waals surface area contributed by atoms with Crippen LogP contribution in [0.4, 0.5) is 0 Å². The number of H-pyrrole nitrogens is 1. The zero-order chi connectivity index (χ0) is 34.0. The van der Waals surface area contributed by atoms with Crippen LogP contribution < -0.4 is 4.74 Å². The summed E-state index contributed by atoms with van der Waals surface area (Å²) in [6.45, 7) is 1.37. The third-order valence-electron chi connectivity index (χ3n) is 10.00. The van der Waals surface area contributed by atoms with Gasteiger partial charge in [0.25, 0.3) is 5.91 Å². The molecule has 4 aromatic carbocycles. The normalized spacial score (nSPS) is 15.8. The van der Waals surface area contributed by atoms with E-state index in [4.69, 9.17) is 21.3 Å². The van der Waals surface area contributed by atoms with Crippen molar-refractivity contribution in [1.29, 1.82) is 0 Å². The molecule has 0 radical (unpaired) electrons. The van der Waals surface area contributed by atoms with Gasteiger partial charge in [-0.25, -0.2) is 4.98 Å². The van der Waals surface area contributed by atoms with E-state index in [0.717, 1.165) is 63.3 Å². The van der Waals surface area contributed by atoms with Gasteiger partial charge < -0.3 is 19.3 Å². The number of aliphatic hydroxyl groups excluding tert-OH is 1. The number of carbonyl (C=O) groups excluding carboxylic acids is 1. The first-order valence-corrected chi connectivity index (χ1v) is 17.7. The Morgan fingerprint density at radius 3 is 2.34 bits per heavy atom. The SMILES string of the molecule is O=C(c1ccc(-c2ccc(Cl)cc2)c(COc2ccc(-c3nc4cc(-c5nn[nH]n5)ccc4n3C3CCCCC3)cc2)c1)N1CCC(O)CC1. The fourth-order valence-corrected chi connectivity index (χ4v) is 7.43. The lowest BCUT2D eigenvalue weighted by atomic mass is 9.94. The van der Waals surface area contributed by atoms with Crippen LogP contribution in [-0.4, -0.2) is 65.3 Å². The molecule has 2 fully saturated rings. The Kier molecular flexibility index (Phi) is 9.04. The van der Waals surface area contributed by atoms with Crippen LogP contribution in [0.25, 0.3) is 44.9 Å². The topological polar surface area (TPSA) is 122 Å². The van der Waals surface area contributed by atoms with Crippen LogP contribution in [0, 0.1) is 0 Å². The third-order valence-corrected chi connectivity index (χ3v) is 10.3. The molecule has 50 heavy (non-hydrogen) atoms. The number of likely N-dealkylation sites (tertiary alicyclic amines) is 1. The molecule has 6 aromatic rings. The van der Waals surface area contributed by atoms with E-state index in [2.05, 4.69) is 43.4 Å². The number of fused-ring (bicyclic) bond motifs is 1. The highest BCUT2D eigenvalue weighted by molar-refractivity contribution is 6.30. The summed E-state index contributed by atoms with van der Waals surface area (Å²) in [5.41, 5.74) is 7.36. The number of amides is 1. The van der Waals surface area contributed by atoms with Crippen molar-refractivity contribution in [2.75, 3.05) is 13.1 Å². The molecule has 0 unspecified atom stereocenters. The van der Waals surface area contributed by atoms with Gasteiger partial charge in [-0.3, -0.25) is 4.79 Å². The Morgan fingerprint density at radius 1 is 0.860 bits per heavy atom. The minimum Gasteiger partial charge on any atom is -0.489 e. The summed E-state index contributed by atoms with van der Waals surface area (Å²) in [5.74, 6) is 2.17. The van der Waals surface area contributed by atoms with E-state index >= 15 is 0 Å². The molecular weight excluding hydrogens is 650 g/mol. The summed E-state index contributed by atoms with van der Waals surface area (Å²) in [7, 11) is 0. The van der Waals surface area contributed by atoms with Gasteiger partial charge >= 0.3 is 0 Å². The van der Waals surface area contributed by atoms with Crippen molar-refractivity contribution in [1.82, 2.24) is 35.1 Å². The fraction of sp³-hybridized carbons (Fsp3) is 0.308. The van der Waals surface area contributed by atoms with Crippen LogP contribution in [0.3, 0.4) is 0 Å². The summed E-state index contributed by atoms with van der Waals surface area (Å²) in [6.07, 6.45) is 6.80. The number of nitrogens with one attached hydrogen (secondary N) is 1. The number of nitrogens with zero attached hydrogens (tertiary/aromatic N) is 6. The van der Waals surface area contributed by atoms with Crippen molar-refractivity contribution >= 4 is 28.5 Å². The van der Waals surface area contributed by atoms with E-state index in [1.54, 1.807) is 0 Å². The molecule has 254 valence electrons. The van der Waals surface area contributed by atoms with Crippen molar-refractivity contribution in [3.05, 3.63) is 101 Å². The van der Waals surface area contributed by atoms with Crippen LogP contribution >= 0.6 is 11.6 Å². The largest absolute Gasteiger partial charge is 0.489 e. The standard InChI is InChI=1S/C39H38ClN7O3/c40-30-12-6-25(7-13-30)34-16-10-28(39(49)46-20-18-32(48)19-21-46)22-29(34)24-50-33-14-8-26(9-15-33)38-41-35-23-27(37-42-44-45-43-37)11-17-36(35)47(38)31-4-2-1-3-5-31/h6-17,22-23,31-32,48H,1-5,18-21,24H2,(H,42,43,44,45). The van der Waals surface area contributed by atoms with E-state index in [-0.39, 0.29) is 18.6 Å². The van der Waals surface area contributed by atoms with Gasteiger partial charge in [0.15, 0.2) is 0 Å². The molecule has 0 atom stereocenters. The summed E-state index contributed by atoms with van der Waals surface area (Å²) in [6, 6.07) is 28.2. The van der Waals surface area contributed by atoms with E-state index < -0.39 is 0 Å². The average molecular weight is 688 g/mol. The molecule has 8 rings (SSSR count). The number of hydrogen-bond acceptors (Lipinski definition) is 7. The summed E-state index contributed by atoms with van der Waals surface area (Å²) in [4.78, 5) is 20.4. The van der Waals surface area contributed by atoms with Gasteiger partial charge in [-0.15, -0.1) is 10.2 Å². The molecule has 1 aliphatic heterocycles. The van der Waals surface area contributed by atoms with Crippen molar-refractivity contribution in [3.8, 4) is 39.7 Å². The predicted molar refractivity (Wildman–Crippen MR) is 193 cm³/mol. The number of aromatic nitrogens is 6. The molecule has 0 spiro atoms. The van der Waals surface area contributed by atoms with Gasteiger partial charge in [0.1, 0.15) is 18.2 Å². The number of ether oxygens (including phenoxy) is 1. The average Bonchev–Trinajstić information content (AvgIpc) is 3.84. The van der Waals surface area contributed by atoms with Crippen LogP contribution in [0.5, 0.6) is 5.75 Å². The molecule has 10 nitrogen and oxygen atoms in total. The van der Waals surface area contributed by atoms with Crippen LogP contribution in [0.15, 0.2) is 84.9 Å². The Hall–Kier alpha value is -5.06. The number of rotatable bonds is 8. The highest BCUT2D eigenvalue weighted by Crippen LogP contribution is 2.37. The number of hydrogen-bond donors (Lipinski definition) is 2. The number of aliphatic hydroxyl groups is 1. The second-order valence-electron chi connectivity index (χ2n) is 13.3. The first-order valence-electron chi connectivity index (χ1n) is 17.4. The van der Waals surface area contributed by atoms with Gasteiger partial charge in [0.2, 0.25) is 5.82 Å². The second-order valence-corrected chi connectivity index (χ2v) is 13.7. The fourth-order valence-electron chi connectivity index (χ4n) is 7.30. The van der Waals surface area contributed by atoms with Crippen LogP contribution in [0.2, 0.25) is 5.02 Å². The summed E-state index contributed by atoms with van der Waals surface area (Å²) >= 11 is 6.20. The minimum absolute atomic E-state index is 0.0320. The number of imidazole rings is 1. The monoisotopic (exact) mass is 687 g/mol. The molecule has 0 bridgehead atoms. The number of benzene rings is 4. The quantitative estimate of drug-likeness (QED) is 0.167. The molecule has 1 amide bonds. The molecule has 2 aliphatic rings. The van der Waals surface area contributed by atoms with E-state index in [1.807, 2.05) is 71.6 Å². The summed E-state index contributed by atoms with van der Waals surface area (Å²) in [5, 5.41) is 25.2. The number of aromatic amines is 1. The first kappa shape index (κ1) is 32.2. The minimum atomic E-state index is -0.344. The van der Waals surface area contributed by atoms with Crippen molar-refractivity contribution < 1.29 is 14.6 Å². The molecule has 3 heterocycles. The molecule has 1 aliphatic carbocycles. The molecule has 11 heteroatoms. The molecular formula is C39H38ClN7O3. The predicted octanol–water partition coefficient (Wildman–Crippen LogP) is 7.88. The smallest absolute Gasteiger partial charge is 0.253 e. The maximum Gasteiger partial charge on any atom is 0.253 e. The number of piperidine rings is 1. The molecule has 2 N–H and O–H groups in total. The van der Waals surface area contributed by atoms with Gasteiger partial charge in [-0.05, 0) is 114 Å². The Bertz CT molecular complexity index is 2100. The number of halogens is 1. The van der Waals surface area contributed by atoms with Gasteiger partial charge in [-0.2, -0.15) is 5.21 Å². The van der Waals surface area contributed by atoms with Crippen molar-refractivity contribution in [3.63, 3.8) is 0 Å². The Balaban J connectivity index is 1.07. The third kappa shape index (κ3) is 6.60.